The van der Waals surface area contributed by atoms with Crippen molar-refractivity contribution in [3.05, 3.63) is 58.6 Å². The number of hydrogen-bond donors (Lipinski definition) is 1. The summed E-state index contributed by atoms with van der Waals surface area (Å²) in [5.74, 6) is 0.199. The molecule has 1 heterocycles. The molecule has 2 aromatic carbocycles. The van der Waals surface area contributed by atoms with Crippen LogP contribution in [0.3, 0.4) is 0 Å². The number of methoxy groups -OCH3 is 1. The Hall–Kier alpha value is -3.40. The van der Waals surface area contributed by atoms with Gasteiger partial charge in [-0.1, -0.05) is 30.0 Å². The molecule has 3 aromatic rings. The Labute approximate surface area is 157 Å². The average molecular weight is 386 g/mol. The number of carbonyl (C=O) groups excluding carboxylic acids is 1. The van der Waals surface area contributed by atoms with Crippen molar-refractivity contribution in [1.29, 1.82) is 0 Å². The quantitative estimate of drug-likeness (QED) is 0.373. The predicted octanol–water partition coefficient (Wildman–Crippen LogP) is 3.38. The van der Waals surface area contributed by atoms with Gasteiger partial charge < -0.3 is 14.5 Å². The van der Waals surface area contributed by atoms with E-state index < -0.39 is 10.8 Å². The Morgan fingerprint density at radius 1 is 1.26 bits per heavy atom. The van der Waals surface area contributed by atoms with Gasteiger partial charge in [0, 0.05) is 5.56 Å². The third-order valence-corrected chi connectivity index (χ3v) is 4.25. The number of nitrogens with zero attached hydrogens (tertiary/aromatic N) is 3. The van der Waals surface area contributed by atoms with E-state index in [9.17, 15) is 14.9 Å². The van der Waals surface area contributed by atoms with Crippen molar-refractivity contribution in [2.75, 3.05) is 18.2 Å². The second-order valence-corrected chi connectivity index (χ2v) is 6.14. The van der Waals surface area contributed by atoms with E-state index in [0.717, 1.165) is 17.3 Å². The molecule has 0 atom stereocenters. The van der Waals surface area contributed by atoms with Crippen molar-refractivity contribution in [2.45, 2.75) is 5.22 Å². The van der Waals surface area contributed by atoms with Crippen LogP contribution in [0, 0.1) is 10.1 Å². The van der Waals surface area contributed by atoms with Crippen LogP contribution in [0.1, 0.15) is 0 Å². The Balaban J connectivity index is 1.62. The Morgan fingerprint density at radius 2 is 2.04 bits per heavy atom. The summed E-state index contributed by atoms with van der Waals surface area (Å²) < 4.78 is 10.5. The number of rotatable bonds is 7. The van der Waals surface area contributed by atoms with Crippen molar-refractivity contribution >= 4 is 29.0 Å². The van der Waals surface area contributed by atoms with E-state index in [1.165, 1.54) is 25.3 Å². The molecule has 138 valence electrons. The number of nitrogens with one attached hydrogen (secondary N) is 1. The number of hydrogen-bond acceptors (Lipinski definition) is 8. The largest absolute Gasteiger partial charge is 0.496 e. The molecular weight excluding hydrogens is 372 g/mol. The lowest BCUT2D eigenvalue weighted by Gasteiger charge is -2.06. The molecular formula is C17H14N4O5S. The molecule has 0 radical (unpaired) electrons. The first-order chi connectivity index (χ1) is 13.1. The zero-order valence-electron chi connectivity index (χ0n) is 14.1. The van der Waals surface area contributed by atoms with Crippen LogP contribution in [0.25, 0.3) is 11.5 Å². The molecule has 0 bridgehead atoms. The molecule has 1 amide bonds. The number of benzene rings is 2. The second-order valence-electron chi connectivity index (χ2n) is 5.22. The van der Waals surface area contributed by atoms with Crippen LogP contribution in [0.2, 0.25) is 0 Å². The first-order valence-corrected chi connectivity index (χ1v) is 8.69. The number of nitro benzene ring substituents is 1. The van der Waals surface area contributed by atoms with Crippen LogP contribution in [0.15, 0.2) is 58.2 Å². The summed E-state index contributed by atoms with van der Waals surface area (Å²) in [5.41, 5.74) is 0.605. The van der Waals surface area contributed by atoms with Crippen LogP contribution in [-0.2, 0) is 4.79 Å². The lowest BCUT2D eigenvalue weighted by atomic mass is 10.2. The van der Waals surface area contributed by atoms with E-state index in [1.807, 2.05) is 30.3 Å². The minimum absolute atomic E-state index is 0.0421. The molecule has 0 unspecified atom stereocenters. The molecule has 0 aliphatic heterocycles. The van der Waals surface area contributed by atoms with Crippen molar-refractivity contribution in [3.8, 4) is 17.2 Å². The van der Waals surface area contributed by atoms with Gasteiger partial charge in [-0.3, -0.25) is 14.9 Å². The van der Waals surface area contributed by atoms with Gasteiger partial charge in [-0.15, -0.1) is 10.2 Å². The lowest BCUT2D eigenvalue weighted by Crippen LogP contribution is -2.15. The third-order valence-electron chi connectivity index (χ3n) is 3.43. The van der Waals surface area contributed by atoms with Crippen molar-refractivity contribution in [3.63, 3.8) is 0 Å². The van der Waals surface area contributed by atoms with Gasteiger partial charge in [0.1, 0.15) is 11.4 Å². The molecule has 0 aliphatic carbocycles. The summed E-state index contributed by atoms with van der Waals surface area (Å²) in [6, 6.07) is 13.4. The van der Waals surface area contributed by atoms with Crippen molar-refractivity contribution < 1.29 is 18.9 Å². The monoisotopic (exact) mass is 386 g/mol. The van der Waals surface area contributed by atoms with Gasteiger partial charge in [-0.2, -0.15) is 0 Å². The molecule has 9 nitrogen and oxygen atoms in total. The van der Waals surface area contributed by atoms with Crippen molar-refractivity contribution in [1.82, 2.24) is 10.2 Å². The predicted molar refractivity (Wildman–Crippen MR) is 98.7 cm³/mol. The van der Waals surface area contributed by atoms with E-state index in [0.29, 0.717) is 11.6 Å². The number of amides is 1. The number of aromatic nitrogens is 2. The van der Waals surface area contributed by atoms with Gasteiger partial charge in [0.2, 0.25) is 11.8 Å². The first kappa shape index (κ1) is 18.4. The number of anilines is 1. The maximum atomic E-state index is 12.1. The molecule has 1 aromatic heterocycles. The summed E-state index contributed by atoms with van der Waals surface area (Å²) in [7, 11) is 1.40. The molecule has 0 saturated carbocycles. The van der Waals surface area contributed by atoms with E-state index in [1.54, 1.807) is 0 Å². The normalized spacial score (nSPS) is 10.4. The fraction of sp³-hybridized carbons (Fsp3) is 0.118. The zero-order chi connectivity index (χ0) is 19.2. The molecule has 3 rings (SSSR count). The van der Waals surface area contributed by atoms with Gasteiger partial charge >= 0.3 is 0 Å². The molecule has 10 heteroatoms. The summed E-state index contributed by atoms with van der Waals surface area (Å²) in [6.45, 7) is 0. The Morgan fingerprint density at radius 3 is 2.74 bits per heavy atom. The van der Waals surface area contributed by atoms with Gasteiger partial charge in [-0.25, -0.2) is 0 Å². The minimum atomic E-state index is -0.588. The maximum absolute atomic E-state index is 12.1. The molecule has 0 saturated heterocycles. The first-order valence-electron chi connectivity index (χ1n) is 7.71. The summed E-state index contributed by atoms with van der Waals surface area (Å²) in [4.78, 5) is 22.7. The van der Waals surface area contributed by atoms with E-state index in [4.69, 9.17) is 9.15 Å². The van der Waals surface area contributed by atoms with Gasteiger partial charge in [0.15, 0.2) is 0 Å². The van der Waals surface area contributed by atoms with Crippen LogP contribution in [-0.4, -0.2) is 33.9 Å². The minimum Gasteiger partial charge on any atom is -0.496 e. The highest BCUT2D eigenvalue weighted by molar-refractivity contribution is 7.99. The molecule has 0 fully saturated rings. The number of nitro groups is 1. The standard InChI is InChI=1S/C17H14N4O5S/c1-25-12-7-8-13(14(9-12)21(23)24)18-15(22)10-27-17-20-19-16(26-17)11-5-3-2-4-6-11/h2-9H,10H2,1H3,(H,18,22). The molecule has 0 aliphatic rings. The summed E-state index contributed by atoms with van der Waals surface area (Å²) in [5, 5.41) is 21.7. The average Bonchev–Trinajstić information content (AvgIpc) is 3.16. The number of ether oxygens (including phenoxy) is 1. The highest BCUT2D eigenvalue weighted by Gasteiger charge is 2.18. The van der Waals surface area contributed by atoms with Crippen LogP contribution in [0.5, 0.6) is 5.75 Å². The fourth-order valence-corrected chi connectivity index (χ4v) is 2.74. The van der Waals surface area contributed by atoms with E-state index >= 15 is 0 Å². The second kappa shape index (κ2) is 8.32. The smallest absolute Gasteiger partial charge is 0.296 e. The topological polar surface area (TPSA) is 120 Å². The summed E-state index contributed by atoms with van der Waals surface area (Å²) in [6.07, 6.45) is 0. The molecule has 1 N–H and O–H groups in total. The van der Waals surface area contributed by atoms with Gasteiger partial charge in [-0.05, 0) is 24.3 Å². The maximum Gasteiger partial charge on any atom is 0.296 e. The van der Waals surface area contributed by atoms with Gasteiger partial charge in [0.05, 0.1) is 23.9 Å². The highest BCUT2D eigenvalue weighted by atomic mass is 32.2. The van der Waals surface area contributed by atoms with Crippen molar-refractivity contribution in [2.24, 2.45) is 0 Å². The Bertz CT molecular complexity index is 961. The zero-order valence-corrected chi connectivity index (χ0v) is 14.9. The van der Waals surface area contributed by atoms with Crippen LogP contribution < -0.4 is 10.1 Å². The lowest BCUT2D eigenvalue weighted by molar-refractivity contribution is -0.384. The van der Waals surface area contributed by atoms with E-state index in [-0.39, 0.29) is 22.4 Å². The SMILES string of the molecule is COc1ccc(NC(=O)CSc2nnc(-c3ccccc3)o2)c([N+](=O)[O-])c1. The van der Waals surface area contributed by atoms with Crippen LogP contribution in [0.4, 0.5) is 11.4 Å². The molecule has 0 spiro atoms. The van der Waals surface area contributed by atoms with Crippen LogP contribution >= 0.6 is 11.8 Å². The molecule has 27 heavy (non-hydrogen) atoms. The Kier molecular flexibility index (Phi) is 5.67. The number of thioether (sulfide) groups is 1. The van der Waals surface area contributed by atoms with E-state index in [2.05, 4.69) is 15.5 Å². The third kappa shape index (κ3) is 4.61. The highest BCUT2D eigenvalue weighted by Crippen LogP contribution is 2.29. The van der Waals surface area contributed by atoms with Gasteiger partial charge in [0.25, 0.3) is 10.9 Å². The number of carbonyl (C=O) groups is 1. The fourth-order valence-electron chi connectivity index (χ4n) is 2.17. The summed E-state index contributed by atoms with van der Waals surface area (Å²) >= 11 is 1.04.